The van der Waals surface area contributed by atoms with Gasteiger partial charge in [0.15, 0.2) is 0 Å². The Hall–Kier alpha value is -1.70. The molecule has 3 rings (SSSR count). The molecular weight excluding hydrogens is 312 g/mol. The molecule has 1 N–H and O–H groups in total. The maximum atomic E-state index is 12.8. The maximum Gasteiger partial charge on any atom is 0.246 e. The molecule has 1 aliphatic rings. The molecule has 1 saturated heterocycles. The number of aromatic amines is 1. The van der Waals surface area contributed by atoms with Crippen LogP contribution < -0.4 is 0 Å². The number of nitrogens with one attached hydrogen (secondary N) is 1. The number of benzene rings is 1. The van der Waals surface area contributed by atoms with E-state index in [-0.39, 0.29) is 10.9 Å². The van der Waals surface area contributed by atoms with E-state index in [1.807, 2.05) is 26.2 Å². The molecule has 6 nitrogen and oxygen atoms in total. The van der Waals surface area contributed by atoms with E-state index in [0.717, 1.165) is 24.9 Å². The van der Waals surface area contributed by atoms with Crippen molar-refractivity contribution in [3.8, 4) is 0 Å². The van der Waals surface area contributed by atoms with Crippen LogP contribution in [0.4, 0.5) is 0 Å². The Labute approximate surface area is 137 Å². The van der Waals surface area contributed by atoms with Crippen LogP contribution in [-0.4, -0.2) is 48.5 Å². The first-order chi connectivity index (χ1) is 11.0. The van der Waals surface area contributed by atoms with E-state index >= 15 is 0 Å². The summed E-state index contributed by atoms with van der Waals surface area (Å²) in [6.45, 7) is 1.43. The van der Waals surface area contributed by atoms with Crippen molar-refractivity contribution in [1.29, 1.82) is 0 Å². The molecule has 2 aromatic rings. The fraction of sp³-hybridized carbons (Fsp3) is 0.438. The lowest BCUT2D eigenvalue weighted by Gasteiger charge is -2.24. The zero-order valence-electron chi connectivity index (χ0n) is 13.4. The molecule has 0 saturated carbocycles. The summed E-state index contributed by atoms with van der Waals surface area (Å²) in [5.41, 5.74) is 2.28. The minimum atomic E-state index is -3.49. The lowest BCUT2D eigenvalue weighted by molar-refractivity contribution is 0.395. The fourth-order valence-electron chi connectivity index (χ4n) is 3.09. The Morgan fingerprint density at radius 3 is 2.65 bits per heavy atom. The van der Waals surface area contributed by atoms with Crippen LogP contribution in [0.5, 0.6) is 0 Å². The molecule has 1 fully saturated rings. The molecule has 0 radical (unpaired) electrons. The number of hydrogen-bond donors (Lipinski definition) is 1. The lowest BCUT2D eigenvalue weighted by atomic mass is 10.0. The Balaban J connectivity index is 1.84. The first kappa shape index (κ1) is 16.2. The molecule has 0 bridgehead atoms. The van der Waals surface area contributed by atoms with Crippen LogP contribution in [0, 0.1) is 0 Å². The molecule has 0 spiro atoms. The molecule has 7 heteroatoms. The predicted octanol–water partition coefficient (Wildman–Crippen LogP) is 2.00. The number of sulfonamides is 1. The summed E-state index contributed by atoms with van der Waals surface area (Å²) >= 11 is 0. The largest absolute Gasteiger partial charge is 0.305 e. The SMILES string of the molecule is CN(C)Cc1ccc(C2CCCN2S(=O)(=O)c2cn[nH]c2)cc1. The summed E-state index contributed by atoms with van der Waals surface area (Å²) in [6, 6.07) is 8.16. The smallest absolute Gasteiger partial charge is 0.246 e. The highest BCUT2D eigenvalue weighted by atomic mass is 32.2. The summed E-state index contributed by atoms with van der Waals surface area (Å²) in [5, 5.41) is 6.34. The normalized spacial score (nSPS) is 19.5. The molecule has 23 heavy (non-hydrogen) atoms. The maximum absolute atomic E-state index is 12.8. The van der Waals surface area contributed by atoms with Gasteiger partial charge in [0.25, 0.3) is 0 Å². The molecule has 1 atom stereocenters. The molecule has 0 amide bonds. The highest BCUT2D eigenvalue weighted by Crippen LogP contribution is 2.36. The van der Waals surface area contributed by atoms with Crippen LogP contribution in [-0.2, 0) is 16.6 Å². The Kier molecular flexibility index (Phi) is 4.52. The molecule has 0 aliphatic carbocycles. The van der Waals surface area contributed by atoms with Gasteiger partial charge in [-0.3, -0.25) is 5.10 Å². The quantitative estimate of drug-likeness (QED) is 0.908. The molecule has 1 aliphatic heterocycles. The monoisotopic (exact) mass is 334 g/mol. The van der Waals surface area contributed by atoms with Crippen molar-refractivity contribution in [3.05, 3.63) is 47.8 Å². The number of hydrogen-bond acceptors (Lipinski definition) is 4. The van der Waals surface area contributed by atoms with E-state index in [1.54, 1.807) is 4.31 Å². The number of rotatable bonds is 5. The van der Waals surface area contributed by atoms with Crippen LogP contribution in [0.1, 0.15) is 30.0 Å². The topological polar surface area (TPSA) is 69.3 Å². The third kappa shape index (κ3) is 3.31. The van der Waals surface area contributed by atoms with Crippen molar-refractivity contribution < 1.29 is 8.42 Å². The van der Waals surface area contributed by atoms with Gasteiger partial charge >= 0.3 is 0 Å². The van der Waals surface area contributed by atoms with Crippen molar-refractivity contribution in [3.63, 3.8) is 0 Å². The summed E-state index contributed by atoms with van der Waals surface area (Å²) in [5.74, 6) is 0. The zero-order valence-corrected chi connectivity index (χ0v) is 14.3. The summed E-state index contributed by atoms with van der Waals surface area (Å²) in [6.07, 6.45) is 4.53. The molecular formula is C16H22N4O2S. The summed E-state index contributed by atoms with van der Waals surface area (Å²) in [7, 11) is 0.573. The van der Waals surface area contributed by atoms with E-state index in [2.05, 4.69) is 27.2 Å². The van der Waals surface area contributed by atoms with E-state index in [4.69, 9.17) is 0 Å². The second-order valence-corrected chi connectivity index (χ2v) is 8.08. The van der Waals surface area contributed by atoms with Crippen molar-refractivity contribution in [2.45, 2.75) is 30.3 Å². The van der Waals surface area contributed by atoms with Gasteiger partial charge in [-0.15, -0.1) is 0 Å². The minimum Gasteiger partial charge on any atom is -0.305 e. The van der Waals surface area contributed by atoms with Crippen LogP contribution in [0.2, 0.25) is 0 Å². The number of nitrogens with zero attached hydrogens (tertiary/aromatic N) is 3. The third-order valence-electron chi connectivity index (χ3n) is 4.15. The first-order valence-electron chi connectivity index (χ1n) is 7.72. The summed E-state index contributed by atoms with van der Waals surface area (Å²) in [4.78, 5) is 2.34. The molecule has 1 aromatic carbocycles. The van der Waals surface area contributed by atoms with Gasteiger partial charge in [-0.25, -0.2) is 8.42 Å². The standard InChI is InChI=1S/C16H22N4O2S/c1-19(2)12-13-5-7-14(8-6-13)16-4-3-9-20(16)23(21,22)15-10-17-18-11-15/h5-8,10-11,16H,3-4,9,12H2,1-2H3,(H,17,18). The van der Waals surface area contributed by atoms with Gasteiger partial charge in [-0.1, -0.05) is 24.3 Å². The van der Waals surface area contributed by atoms with Crippen molar-refractivity contribution >= 4 is 10.0 Å². The van der Waals surface area contributed by atoms with Crippen LogP contribution in [0.15, 0.2) is 41.6 Å². The average Bonchev–Trinajstić information content (AvgIpc) is 3.19. The molecule has 1 unspecified atom stereocenters. The van der Waals surface area contributed by atoms with Gasteiger partial charge in [0, 0.05) is 19.3 Å². The molecule has 1 aromatic heterocycles. The van der Waals surface area contributed by atoms with Crippen LogP contribution in [0.25, 0.3) is 0 Å². The molecule has 2 heterocycles. The second kappa shape index (κ2) is 6.43. The lowest BCUT2D eigenvalue weighted by Crippen LogP contribution is -2.30. The van der Waals surface area contributed by atoms with Gasteiger partial charge in [0.05, 0.1) is 12.2 Å². The minimum absolute atomic E-state index is 0.0942. The highest BCUT2D eigenvalue weighted by Gasteiger charge is 2.36. The van der Waals surface area contributed by atoms with Crippen molar-refractivity contribution in [2.75, 3.05) is 20.6 Å². The Bertz CT molecular complexity index is 739. The second-order valence-electron chi connectivity index (χ2n) is 6.19. The van der Waals surface area contributed by atoms with Gasteiger partial charge in [0.1, 0.15) is 4.90 Å². The fourth-order valence-corrected chi connectivity index (χ4v) is 4.68. The Morgan fingerprint density at radius 2 is 2.04 bits per heavy atom. The van der Waals surface area contributed by atoms with Gasteiger partial charge in [-0.05, 0) is 38.1 Å². The van der Waals surface area contributed by atoms with Gasteiger partial charge in [0.2, 0.25) is 10.0 Å². The van der Waals surface area contributed by atoms with E-state index in [1.165, 1.54) is 18.0 Å². The van der Waals surface area contributed by atoms with Crippen LogP contribution >= 0.6 is 0 Å². The van der Waals surface area contributed by atoms with Crippen molar-refractivity contribution in [1.82, 2.24) is 19.4 Å². The average molecular weight is 334 g/mol. The zero-order chi connectivity index (χ0) is 16.4. The number of H-pyrrole nitrogens is 1. The first-order valence-corrected chi connectivity index (χ1v) is 9.16. The van der Waals surface area contributed by atoms with E-state index in [0.29, 0.717) is 6.54 Å². The van der Waals surface area contributed by atoms with Gasteiger partial charge in [-0.2, -0.15) is 9.40 Å². The Morgan fingerprint density at radius 1 is 1.30 bits per heavy atom. The van der Waals surface area contributed by atoms with Gasteiger partial charge < -0.3 is 4.90 Å². The van der Waals surface area contributed by atoms with E-state index in [9.17, 15) is 8.42 Å². The number of aromatic nitrogens is 2. The predicted molar refractivity (Wildman–Crippen MR) is 88.3 cm³/mol. The van der Waals surface area contributed by atoms with E-state index < -0.39 is 10.0 Å². The van der Waals surface area contributed by atoms with Crippen molar-refractivity contribution in [2.24, 2.45) is 0 Å². The summed E-state index contributed by atoms with van der Waals surface area (Å²) < 4.78 is 27.1. The third-order valence-corrected chi connectivity index (χ3v) is 6.02. The highest BCUT2D eigenvalue weighted by molar-refractivity contribution is 7.89. The molecule has 124 valence electrons. The van der Waals surface area contributed by atoms with Crippen LogP contribution in [0.3, 0.4) is 0 Å².